The molecule has 1 aromatic heterocycles. The Kier molecular flexibility index (Phi) is 3.53. The summed E-state index contributed by atoms with van der Waals surface area (Å²) in [6.07, 6.45) is 0. The van der Waals surface area contributed by atoms with E-state index in [1.54, 1.807) is 0 Å². The number of benzene rings is 2. The van der Waals surface area contributed by atoms with Gasteiger partial charge in [-0.3, -0.25) is 0 Å². The van der Waals surface area contributed by atoms with Crippen LogP contribution in [0.4, 0.5) is 11.4 Å². The molecule has 24 heavy (non-hydrogen) atoms. The number of nitrogens with zero attached hydrogens (tertiary/aromatic N) is 2. The quantitative estimate of drug-likeness (QED) is 0.734. The summed E-state index contributed by atoms with van der Waals surface area (Å²) >= 11 is 0. The van der Waals surface area contributed by atoms with Crippen molar-refractivity contribution in [2.75, 3.05) is 23.7 Å². The normalized spacial score (nSPS) is 12.4. The minimum Gasteiger partial charge on any atom is -0.488 e. The number of aromatic nitrogens is 1. The second-order valence-corrected chi connectivity index (χ2v) is 6.09. The highest BCUT2D eigenvalue weighted by Gasteiger charge is 2.20. The molecule has 0 aliphatic carbocycles. The Hall–Kier alpha value is -2.75. The Morgan fingerprint density at radius 2 is 1.92 bits per heavy atom. The number of pyridine rings is 1. The third-order valence-electron chi connectivity index (χ3n) is 4.65. The predicted octanol–water partition coefficient (Wildman–Crippen LogP) is 4.22. The van der Waals surface area contributed by atoms with Gasteiger partial charge in [-0.25, -0.2) is 4.98 Å². The maximum Gasteiger partial charge on any atom is 0.131 e. The van der Waals surface area contributed by atoms with E-state index in [0.29, 0.717) is 6.61 Å². The molecule has 122 valence electrons. The zero-order chi connectivity index (χ0) is 16.7. The van der Waals surface area contributed by atoms with Crippen molar-refractivity contribution in [2.45, 2.75) is 20.5 Å². The number of anilines is 2. The molecule has 2 aromatic carbocycles. The van der Waals surface area contributed by atoms with Gasteiger partial charge in [0.2, 0.25) is 0 Å². The monoisotopic (exact) mass is 319 g/mol. The largest absolute Gasteiger partial charge is 0.488 e. The van der Waals surface area contributed by atoms with E-state index in [9.17, 15) is 0 Å². The molecule has 0 fully saturated rings. The molecule has 0 unspecified atom stereocenters. The molecule has 0 saturated heterocycles. The van der Waals surface area contributed by atoms with Crippen LogP contribution >= 0.6 is 0 Å². The van der Waals surface area contributed by atoms with Crippen LogP contribution in [0.3, 0.4) is 0 Å². The molecule has 3 aromatic rings. The summed E-state index contributed by atoms with van der Waals surface area (Å²) in [6, 6.07) is 14.4. The molecule has 4 rings (SSSR count). The van der Waals surface area contributed by atoms with Gasteiger partial charge >= 0.3 is 0 Å². The van der Waals surface area contributed by atoms with Gasteiger partial charge in [0.25, 0.3) is 0 Å². The van der Waals surface area contributed by atoms with Gasteiger partial charge in [-0.05, 0) is 44.2 Å². The second-order valence-electron chi connectivity index (χ2n) is 6.09. The van der Waals surface area contributed by atoms with Crippen LogP contribution < -0.4 is 15.4 Å². The topological polar surface area (TPSA) is 51.4 Å². The van der Waals surface area contributed by atoms with Gasteiger partial charge in [0.15, 0.2) is 0 Å². The zero-order valence-corrected chi connectivity index (χ0v) is 14.0. The Balaban J connectivity index is 1.85. The molecule has 0 spiro atoms. The highest BCUT2D eigenvalue weighted by molar-refractivity contribution is 5.87. The van der Waals surface area contributed by atoms with Gasteiger partial charge in [0, 0.05) is 47.0 Å². The Morgan fingerprint density at radius 3 is 2.71 bits per heavy atom. The average molecular weight is 319 g/mol. The maximum atomic E-state index is 6.01. The third-order valence-corrected chi connectivity index (χ3v) is 4.65. The Morgan fingerprint density at radius 1 is 1.08 bits per heavy atom. The van der Waals surface area contributed by atoms with Crippen molar-refractivity contribution in [3.63, 3.8) is 0 Å². The number of fused-ring (bicyclic) bond motifs is 4. The van der Waals surface area contributed by atoms with Crippen LogP contribution in [0.25, 0.3) is 22.2 Å². The highest BCUT2D eigenvalue weighted by Crippen LogP contribution is 2.39. The van der Waals surface area contributed by atoms with E-state index in [2.05, 4.69) is 43.0 Å². The number of nitrogens with two attached hydrogens (primary N) is 1. The number of nitrogen functional groups attached to an aromatic ring is 1. The summed E-state index contributed by atoms with van der Waals surface area (Å²) in [4.78, 5) is 7.17. The highest BCUT2D eigenvalue weighted by atomic mass is 16.5. The molecule has 1 aliphatic heterocycles. The summed E-state index contributed by atoms with van der Waals surface area (Å²) < 4.78 is 6.01. The van der Waals surface area contributed by atoms with Crippen molar-refractivity contribution in [2.24, 2.45) is 0 Å². The fourth-order valence-corrected chi connectivity index (χ4v) is 3.34. The number of ether oxygens (including phenoxy) is 1. The lowest BCUT2D eigenvalue weighted by Crippen LogP contribution is -2.22. The molecule has 0 radical (unpaired) electrons. The molecule has 4 heteroatoms. The van der Waals surface area contributed by atoms with Gasteiger partial charge < -0.3 is 15.4 Å². The van der Waals surface area contributed by atoms with Crippen molar-refractivity contribution in [3.8, 4) is 17.0 Å². The number of rotatable bonds is 3. The van der Waals surface area contributed by atoms with Crippen LogP contribution in [0.2, 0.25) is 0 Å². The average Bonchev–Trinajstić information content (AvgIpc) is 2.61. The zero-order valence-electron chi connectivity index (χ0n) is 14.0. The molecule has 0 saturated carbocycles. The lowest BCUT2D eigenvalue weighted by molar-refractivity contribution is 0.302. The first-order valence-electron chi connectivity index (χ1n) is 8.41. The minimum atomic E-state index is 0.553. The van der Waals surface area contributed by atoms with Gasteiger partial charge in [0.1, 0.15) is 12.4 Å². The first kappa shape index (κ1) is 14.8. The van der Waals surface area contributed by atoms with Gasteiger partial charge in [0.05, 0.1) is 11.2 Å². The Bertz CT molecular complexity index is 916. The first-order valence-corrected chi connectivity index (χ1v) is 8.41. The fraction of sp³-hybridized carbons (Fsp3) is 0.250. The van der Waals surface area contributed by atoms with E-state index < -0.39 is 0 Å². The van der Waals surface area contributed by atoms with Crippen molar-refractivity contribution in [3.05, 3.63) is 48.0 Å². The van der Waals surface area contributed by atoms with Crippen molar-refractivity contribution in [1.82, 2.24) is 4.98 Å². The SMILES string of the molecule is CCN(CC)c1ccc2c(c1)OCc1cc3ccc(N)cc3nc1-2. The van der Waals surface area contributed by atoms with Crippen molar-refractivity contribution < 1.29 is 4.74 Å². The molecule has 4 nitrogen and oxygen atoms in total. The lowest BCUT2D eigenvalue weighted by Gasteiger charge is -2.25. The van der Waals surface area contributed by atoms with Crippen LogP contribution in [0.15, 0.2) is 42.5 Å². The van der Waals surface area contributed by atoms with E-state index in [1.807, 2.05) is 18.2 Å². The number of hydrogen-bond donors (Lipinski definition) is 1. The Labute approximate surface area is 141 Å². The molecule has 2 heterocycles. The summed E-state index contributed by atoms with van der Waals surface area (Å²) in [7, 11) is 0. The smallest absolute Gasteiger partial charge is 0.131 e. The van der Waals surface area contributed by atoms with Crippen LogP contribution in [0, 0.1) is 0 Å². The van der Waals surface area contributed by atoms with E-state index >= 15 is 0 Å². The molecular formula is C20H21N3O. The van der Waals surface area contributed by atoms with Gasteiger partial charge in [-0.15, -0.1) is 0 Å². The van der Waals surface area contributed by atoms with E-state index in [0.717, 1.165) is 52.3 Å². The summed E-state index contributed by atoms with van der Waals surface area (Å²) in [5, 5.41) is 1.09. The summed E-state index contributed by atoms with van der Waals surface area (Å²) in [6.45, 7) is 6.84. The number of hydrogen-bond acceptors (Lipinski definition) is 4. The predicted molar refractivity (Wildman–Crippen MR) is 99.5 cm³/mol. The van der Waals surface area contributed by atoms with Crippen molar-refractivity contribution in [1.29, 1.82) is 0 Å². The van der Waals surface area contributed by atoms with Crippen LogP contribution in [-0.4, -0.2) is 18.1 Å². The lowest BCUT2D eigenvalue weighted by atomic mass is 10.00. The molecule has 0 atom stereocenters. The van der Waals surface area contributed by atoms with E-state index in [4.69, 9.17) is 15.5 Å². The minimum absolute atomic E-state index is 0.553. The first-order chi connectivity index (χ1) is 11.7. The van der Waals surface area contributed by atoms with Crippen LogP contribution in [0.5, 0.6) is 5.75 Å². The standard InChI is InChI=1S/C20H21N3O/c1-3-23(4-2)16-7-8-17-19(11-16)24-12-14-9-13-5-6-15(21)10-18(13)22-20(14)17/h5-11H,3-4,12,21H2,1-2H3. The molecule has 0 bridgehead atoms. The molecule has 0 amide bonds. The van der Waals surface area contributed by atoms with Gasteiger partial charge in [-0.2, -0.15) is 0 Å². The molecule has 1 aliphatic rings. The van der Waals surface area contributed by atoms with Crippen molar-refractivity contribution >= 4 is 22.3 Å². The van der Waals surface area contributed by atoms with Crippen LogP contribution in [0.1, 0.15) is 19.4 Å². The maximum absolute atomic E-state index is 6.01. The van der Waals surface area contributed by atoms with Gasteiger partial charge in [-0.1, -0.05) is 6.07 Å². The van der Waals surface area contributed by atoms with Crippen LogP contribution in [-0.2, 0) is 6.61 Å². The van der Waals surface area contributed by atoms with E-state index in [1.165, 1.54) is 5.69 Å². The van der Waals surface area contributed by atoms with E-state index in [-0.39, 0.29) is 0 Å². The summed E-state index contributed by atoms with van der Waals surface area (Å²) in [5.74, 6) is 0.905. The molecule has 2 N–H and O–H groups in total. The second kappa shape index (κ2) is 5.71. The summed E-state index contributed by atoms with van der Waals surface area (Å²) in [5.41, 5.74) is 11.9. The fourth-order valence-electron chi connectivity index (χ4n) is 3.34. The molecular weight excluding hydrogens is 298 g/mol. The third kappa shape index (κ3) is 2.35.